The van der Waals surface area contributed by atoms with Crippen molar-refractivity contribution in [3.63, 3.8) is 0 Å². The van der Waals surface area contributed by atoms with Gasteiger partial charge in [0.25, 0.3) is 0 Å². The molecular weight excluding hydrogens is 252 g/mol. The summed E-state index contributed by atoms with van der Waals surface area (Å²) in [5.74, 6) is 1.58. The molecule has 116 valence electrons. The van der Waals surface area contributed by atoms with E-state index in [1.54, 1.807) is 0 Å². The average molecular weight is 282 g/mol. The SMILES string of the molecule is CCN(CC)CCc1noc(CCC(C)(C)CCN)n1. The molecule has 0 fully saturated rings. The minimum atomic E-state index is 0.241. The molecule has 0 radical (unpaired) electrons. The van der Waals surface area contributed by atoms with Gasteiger partial charge in [-0.1, -0.05) is 32.9 Å². The van der Waals surface area contributed by atoms with Crippen LogP contribution in [-0.2, 0) is 12.8 Å². The van der Waals surface area contributed by atoms with Crippen LogP contribution < -0.4 is 5.73 Å². The monoisotopic (exact) mass is 282 g/mol. The van der Waals surface area contributed by atoms with E-state index in [4.69, 9.17) is 10.3 Å². The maximum absolute atomic E-state index is 5.63. The zero-order chi connectivity index (χ0) is 15.0. The normalized spacial score (nSPS) is 12.3. The number of likely N-dealkylation sites (N-methyl/N-ethyl adjacent to an activating group) is 1. The number of aromatic nitrogens is 2. The van der Waals surface area contributed by atoms with Crippen molar-refractivity contribution in [1.29, 1.82) is 0 Å². The molecule has 5 nitrogen and oxygen atoms in total. The van der Waals surface area contributed by atoms with E-state index < -0.39 is 0 Å². The van der Waals surface area contributed by atoms with Crippen LogP contribution >= 0.6 is 0 Å². The van der Waals surface area contributed by atoms with Crippen molar-refractivity contribution in [2.24, 2.45) is 11.1 Å². The summed E-state index contributed by atoms with van der Waals surface area (Å²) in [6.45, 7) is 12.7. The van der Waals surface area contributed by atoms with Gasteiger partial charge in [0.05, 0.1) is 0 Å². The van der Waals surface area contributed by atoms with Crippen molar-refractivity contribution in [1.82, 2.24) is 15.0 Å². The molecule has 1 rings (SSSR count). The second-order valence-electron chi connectivity index (χ2n) is 6.08. The van der Waals surface area contributed by atoms with E-state index in [-0.39, 0.29) is 5.41 Å². The fourth-order valence-corrected chi connectivity index (χ4v) is 2.25. The van der Waals surface area contributed by atoms with Crippen LogP contribution in [0.25, 0.3) is 0 Å². The summed E-state index contributed by atoms with van der Waals surface area (Å²) < 4.78 is 5.33. The van der Waals surface area contributed by atoms with Gasteiger partial charge in [-0.05, 0) is 37.9 Å². The van der Waals surface area contributed by atoms with Gasteiger partial charge in [-0.15, -0.1) is 0 Å². The molecule has 0 aliphatic heterocycles. The van der Waals surface area contributed by atoms with Crippen molar-refractivity contribution in [3.8, 4) is 0 Å². The summed E-state index contributed by atoms with van der Waals surface area (Å²) in [6.07, 6.45) is 3.75. The van der Waals surface area contributed by atoms with Crippen molar-refractivity contribution in [2.45, 2.75) is 53.4 Å². The molecule has 0 saturated carbocycles. The van der Waals surface area contributed by atoms with E-state index in [9.17, 15) is 0 Å². The topological polar surface area (TPSA) is 68.2 Å². The molecule has 0 unspecified atom stereocenters. The highest BCUT2D eigenvalue weighted by Crippen LogP contribution is 2.25. The number of hydrogen-bond donors (Lipinski definition) is 1. The van der Waals surface area contributed by atoms with Gasteiger partial charge in [-0.25, -0.2) is 0 Å². The Bertz CT molecular complexity index is 372. The Kier molecular flexibility index (Phi) is 7.16. The third kappa shape index (κ3) is 6.01. The molecule has 0 saturated heterocycles. The predicted octanol–water partition coefficient (Wildman–Crippen LogP) is 2.26. The van der Waals surface area contributed by atoms with Gasteiger partial charge in [-0.2, -0.15) is 4.98 Å². The Morgan fingerprint density at radius 3 is 2.45 bits per heavy atom. The van der Waals surface area contributed by atoms with Crippen molar-refractivity contribution in [2.75, 3.05) is 26.2 Å². The fraction of sp³-hybridized carbons (Fsp3) is 0.867. The van der Waals surface area contributed by atoms with Crippen LogP contribution in [0.15, 0.2) is 4.52 Å². The van der Waals surface area contributed by atoms with Crippen LogP contribution in [0.4, 0.5) is 0 Å². The summed E-state index contributed by atoms with van der Waals surface area (Å²) in [5, 5.41) is 4.07. The van der Waals surface area contributed by atoms with Crippen LogP contribution in [-0.4, -0.2) is 41.2 Å². The lowest BCUT2D eigenvalue weighted by molar-refractivity contribution is 0.287. The average Bonchev–Trinajstić information content (AvgIpc) is 2.86. The molecule has 1 aromatic rings. The van der Waals surface area contributed by atoms with Gasteiger partial charge in [0, 0.05) is 19.4 Å². The van der Waals surface area contributed by atoms with E-state index in [2.05, 4.69) is 42.7 Å². The lowest BCUT2D eigenvalue weighted by Gasteiger charge is -2.22. The maximum atomic E-state index is 5.63. The Morgan fingerprint density at radius 1 is 1.15 bits per heavy atom. The molecule has 5 heteroatoms. The first-order chi connectivity index (χ1) is 9.50. The van der Waals surface area contributed by atoms with Gasteiger partial charge in [-0.3, -0.25) is 0 Å². The van der Waals surface area contributed by atoms with Gasteiger partial charge >= 0.3 is 0 Å². The summed E-state index contributed by atoms with van der Waals surface area (Å²) in [4.78, 5) is 6.84. The highest BCUT2D eigenvalue weighted by Gasteiger charge is 2.18. The van der Waals surface area contributed by atoms with Gasteiger partial charge in [0.1, 0.15) is 0 Å². The molecule has 0 aliphatic carbocycles. The van der Waals surface area contributed by atoms with E-state index in [1.165, 1.54) is 0 Å². The molecule has 0 atom stereocenters. The van der Waals surface area contributed by atoms with Gasteiger partial charge in [0.2, 0.25) is 5.89 Å². The van der Waals surface area contributed by atoms with E-state index >= 15 is 0 Å². The summed E-state index contributed by atoms with van der Waals surface area (Å²) in [6, 6.07) is 0. The standard InChI is InChI=1S/C15H30N4O/c1-5-19(6-2)12-8-13-17-14(20-18-13)7-9-15(3,4)10-11-16/h5-12,16H2,1-4H3. The molecule has 0 amide bonds. The van der Waals surface area contributed by atoms with Crippen molar-refractivity contribution in [3.05, 3.63) is 11.7 Å². The smallest absolute Gasteiger partial charge is 0.226 e. The second kappa shape index (κ2) is 8.37. The van der Waals surface area contributed by atoms with E-state index in [1.807, 2.05) is 0 Å². The first kappa shape index (κ1) is 17.1. The Hall–Kier alpha value is -0.940. The number of aryl methyl sites for hydroxylation is 1. The van der Waals surface area contributed by atoms with Crippen LogP contribution in [0.3, 0.4) is 0 Å². The molecule has 20 heavy (non-hydrogen) atoms. The van der Waals surface area contributed by atoms with E-state index in [0.29, 0.717) is 0 Å². The quantitative estimate of drug-likeness (QED) is 0.713. The summed E-state index contributed by atoms with van der Waals surface area (Å²) in [7, 11) is 0. The van der Waals surface area contributed by atoms with Crippen LogP contribution in [0, 0.1) is 5.41 Å². The molecule has 0 aromatic carbocycles. The minimum Gasteiger partial charge on any atom is -0.339 e. The third-order valence-corrected chi connectivity index (χ3v) is 3.89. The van der Waals surface area contributed by atoms with Crippen LogP contribution in [0.5, 0.6) is 0 Å². The minimum absolute atomic E-state index is 0.241. The Morgan fingerprint density at radius 2 is 1.85 bits per heavy atom. The largest absolute Gasteiger partial charge is 0.339 e. The number of nitrogens with zero attached hydrogens (tertiary/aromatic N) is 3. The molecule has 2 N–H and O–H groups in total. The fourth-order valence-electron chi connectivity index (χ4n) is 2.25. The first-order valence-electron chi connectivity index (χ1n) is 7.74. The predicted molar refractivity (Wildman–Crippen MR) is 81.6 cm³/mol. The second-order valence-corrected chi connectivity index (χ2v) is 6.08. The summed E-state index contributed by atoms with van der Waals surface area (Å²) in [5.41, 5.74) is 5.87. The molecule has 1 aromatic heterocycles. The van der Waals surface area contributed by atoms with Gasteiger partial charge in [0.15, 0.2) is 5.82 Å². The lowest BCUT2D eigenvalue weighted by Crippen LogP contribution is -2.25. The Labute approximate surface area is 122 Å². The highest BCUT2D eigenvalue weighted by molar-refractivity contribution is 4.88. The molecule has 0 bridgehead atoms. The first-order valence-corrected chi connectivity index (χ1v) is 7.74. The zero-order valence-electron chi connectivity index (χ0n) is 13.5. The van der Waals surface area contributed by atoms with Crippen LogP contribution in [0.2, 0.25) is 0 Å². The molecule has 1 heterocycles. The lowest BCUT2D eigenvalue weighted by atomic mass is 9.84. The number of rotatable bonds is 10. The third-order valence-electron chi connectivity index (χ3n) is 3.89. The number of hydrogen-bond acceptors (Lipinski definition) is 5. The van der Waals surface area contributed by atoms with E-state index in [0.717, 1.165) is 63.6 Å². The van der Waals surface area contributed by atoms with Gasteiger partial charge < -0.3 is 15.2 Å². The zero-order valence-corrected chi connectivity index (χ0v) is 13.5. The van der Waals surface area contributed by atoms with Crippen molar-refractivity contribution < 1.29 is 4.52 Å². The molecule has 0 aliphatic rings. The van der Waals surface area contributed by atoms with Crippen molar-refractivity contribution >= 4 is 0 Å². The molecule has 0 spiro atoms. The Balaban J connectivity index is 2.39. The molecular formula is C15H30N4O. The van der Waals surface area contributed by atoms with Crippen LogP contribution in [0.1, 0.15) is 52.3 Å². The summed E-state index contributed by atoms with van der Waals surface area (Å²) >= 11 is 0. The highest BCUT2D eigenvalue weighted by atomic mass is 16.5. The number of nitrogens with two attached hydrogens (primary N) is 1. The maximum Gasteiger partial charge on any atom is 0.226 e.